The van der Waals surface area contributed by atoms with Gasteiger partial charge in [0, 0.05) is 44.8 Å². The van der Waals surface area contributed by atoms with Crippen LogP contribution in [0.5, 0.6) is 0 Å². The van der Waals surface area contributed by atoms with Gasteiger partial charge in [-0.2, -0.15) is 0 Å². The standard InChI is InChI=1S/C18H28N4O2/c1-14-5-4-6-16(15(14)2)20-17(23)13-21-9-11-22(12-10-21)18(24)7-8-19-3/h4-6,19H,7-13H2,1-3H3,(H,20,23). The van der Waals surface area contributed by atoms with Crippen LogP contribution in [0.4, 0.5) is 5.69 Å². The zero-order valence-corrected chi connectivity index (χ0v) is 14.9. The molecule has 0 aromatic heterocycles. The number of piperazine rings is 1. The van der Waals surface area contributed by atoms with Gasteiger partial charge in [-0.3, -0.25) is 14.5 Å². The molecule has 1 aliphatic rings. The monoisotopic (exact) mass is 332 g/mol. The van der Waals surface area contributed by atoms with E-state index in [1.807, 2.05) is 44.0 Å². The van der Waals surface area contributed by atoms with Gasteiger partial charge >= 0.3 is 0 Å². The third-order valence-electron chi connectivity index (χ3n) is 4.56. The van der Waals surface area contributed by atoms with Gasteiger partial charge in [-0.15, -0.1) is 0 Å². The first-order chi connectivity index (χ1) is 11.5. The molecule has 0 bridgehead atoms. The predicted molar refractivity (Wildman–Crippen MR) is 96.1 cm³/mol. The Bertz CT molecular complexity index is 580. The molecule has 0 unspecified atom stereocenters. The first-order valence-electron chi connectivity index (χ1n) is 8.52. The molecule has 1 aromatic rings. The summed E-state index contributed by atoms with van der Waals surface area (Å²) in [6.07, 6.45) is 0.531. The van der Waals surface area contributed by atoms with E-state index in [0.717, 1.165) is 24.3 Å². The largest absolute Gasteiger partial charge is 0.340 e. The van der Waals surface area contributed by atoms with Gasteiger partial charge < -0.3 is 15.5 Å². The van der Waals surface area contributed by atoms with E-state index in [2.05, 4.69) is 15.5 Å². The van der Waals surface area contributed by atoms with E-state index in [1.54, 1.807) is 0 Å². The van der Waals surface area contributed by atoms with E-state index in [-0.39, 0.29) is 11.8 Å². The number of rotatable bonds is 6. The molecule has 1 aromatic carbocycles. The van der Waals surface area contributed by atoms with Gasteiger partial charge in [0.15, 0.2) is 0 Å². The summed E-state index contributed by atoms with van der Waals surface area (Å²) in [6, 6.07) is 5.92. The molecule has 0 radical (unpaired) electrons. The molecule has 2 rings (SSSR count). The molecule has 1 saturated heterocycles. The minimum atomic E-state index is -0.00124. The summed E-state index contributed by atoms with van der Waals surface area (Å²) in [5.41, 5.74) is 3.15. The van der Waals surface area contributed by atoms with Crippen LogP contribution in [0, 0.1) is 13.8 Å². The van der Waals surface area contributed by atoms with Crippen LogP contribution < -0.4 is 10.6 Å². The smallest absolute Gasteiger partial charge is 0.238 e. The lowest BCUT2D eigenvalue weighted by atomic mass is 10.1. The first-order valence-corrected chi connectivity index (χ1v) is 8.52. The third-order valence-corrected chi connectivity index (χ3v) is 4.56. The van der Waals surface area contributed by atoms with E-state index < -0.39 is 0 Å². The van der Waals surface area contributed by atoms with Crippen molar-refractivity contribution in [2.75, 3.05) is 51.6 Å². The SMILES string of the molecule is CNCCC(=O)N1CCN(CC(=O)Nc2cccc(C)c2C)CC1. The number of aryl methyl sites for hydroxylation is 1. The highest BCUT2D eigenvalue weighted by molar-refractivity contribution is 5.93. The lowest BCUT2D eigenvalue weighted by Gasteiger charge is -2.34. The van der Waals surface area contributed by atoms with Crippen molar-refractivity contribution in [2.24, 2.45) is 0 Å². The molecule has 0 saturated carbocycles. The normalized spacial score (nSPS) is 15.4. The van der Waals surface area contributed by atoms with E-state index in [0.29, 0.717) is 32.6 Å². The number of carbonyl (C=O) groups is 2. The molecule has 2 N–H and O–H groups in total. The summed E-state index contributed by atoms with van der Waals surface area (Å²) in [5.74, 6) is 0.183. The van der Waals surface area contributed by atoms with E-state index in [4.69, 9.17) is 0 Å². The second-order valence-corrected chi connectivity index (χ2v) is 6.31. The van der Waals surface area contributed by atoms with Crippen LogP contribution in [-0.2, 0) is 9.59 Å². The Labute approximate surface area is 144 Å². The average molecular weight is 332 g/mol. The maximum absolute atomic E-state index is 12.3. The summed E-state index contributed by atoms with van der Waals surface area (Å²) < 4.78 is 0. The van der Waals surface area contributed by atoms with Gasteiger partial charge in [0.1, 0.15) is 0 Å². The van der Waals surface area contributed by atoms with Crippen LogP contribution >= 0.6 is 0 Å². The van der Waals surface area contributed by atoms with Crippen molar-refractivity contribution in [1.29, 1.82) is 0 Å². The molecule has 0 aliphatic carbocycles. The van der Waals surface area contributed by atoms with Crippen molar-refractivity contribution in [3.63, 3.8) is 0 Å². The molecular formula is C18H28N4O2. The van der Waals surface area contributed by atoms with Gasteiger partial charge in [0.05, 0.1) is 6.54 Å². The van der Waals surface area contributed by atoms with E-state index >= 15 is 0 Å². The lowest BCUT2D eigenvalue weighted by molar-refractivity contribution is -0.133. The number of nitrogens with one attached hydrogen (secondary N) is 2. The Hall–Kier alpha value is -1.92. The number of nitrogens with zero attached hydrogens (tertiary/aromatic N) is 2. The van der Waals surface area contributed by atoms with Crippen molar-refractivity contribution in [3.05, 3.63) is 29.3 Å². The quantitative estimate of drug-likeness (QED) is 0.816. The van der Waals surface area contributed by atoms with Gasteiger partial charge in [0.25, 0.3) is 0 Å². The molecule has 24 heavy (non-hydrogen) atoms. The Morgan fingerprint density at radius 1 is 1.12 bits per heavy atom. The maximum atomic E-state index is 12.3. The minimum Gasteiger partial charge on any atom is -0.340 e. The Balaban J connectivity index is 1.78. The molecule has 1 heterocycles. The third kappa shape index (κ3) is 5.04. The topological polar surface area (TPSA) is 64.7 Å². The van der Waals surface area contributed by atoms with Crippen LogP contribution in [-0.4, -0.2) is 67.9 Å². The van der Waals surface area contributed by atoms with Gasteiger partial charge in [-0.1, -0.05) is 12.1 Å². The van der Waals surface area contributed by atoms with Crippen LogP contribution in [0.15, 0.2) is 18.2 Å². The van der Waals surface area contributed by atoms with Crippen LogP contribution in [0.2, 0.25) is 0 Å². The predicted octanol–water partition coefficient (Wildman–Crippen LogP) is 0.996. The fourth-order valence-corrected chi connectivity index (χ4v) is 2.82. The van der Waals surface area contributed by atoms with Crippen molar-refractivity contribution < 1.29 is 9.59 Å². The summed E-state index contributed by atoms with van der Waals surface area (Å²) in [5, 5.41) is 5.98. The molecule has 6 heteroatoms. The number of carbonyl (C=O) groups excluding carboxylic acids is 2. The average Bonchev–Trinajstić information content (AvgIpc) is 2.57. The van der Waals surface area contributed by atoms with Crippen molar-refractivity contribution in [2.45, 2.75) is 20.3 Å². The van der Waals surface area contributed by atoms with Crippen molar-refractivity contribution in [1.82, 2.24) is 15.1 Å². The fourth-order valence-electron chi connectivity index (χ4n) is 2.82. The summed E-state index contributed by atoms with van der Waals surface area (Å²) in [4.78, 5) is 28.2. The zero-order valence-electron chi connectivity index (χ0n) is 14.9. The molecule has 132 valence electrons. The summed E-state index contributed by atoms with van der Waals surface area (Å²) in [7, 11) is 1.85. The molecule has 6 nitrogen and oxygen atoms in total. The van der Waals surface area contributed by atoms with Gasteiger partial charge in [-0.05, 0) is 38.1 Å². The molecule has 2 amide bonds. The Kier molecular flexibility index (Phi) is 6.75. The molecule has 1 fully saturated rings. The lowest BCUT2D eigenvalue weighted by Crippen LogP contribution is -2.50. The molecule has 0 atom stereocenters. The number of amides is 2. The van der Waals surface area contributed by atoms with Crippen LogP contribution in [0.25, 0.3) is 0 Å². The Morgan fingerprint density at radius 3 is 2.50 bits per heavy atom. The van der Waals surface area contributed by atoms with Gasteiger partial charge in [0.2, 0.25) is 11.8 Å². The van der Waals surface area contributed by atoms with E-state index in [9.17, 15) is 9.59 Å². The second kappa shape index (κ2) is 8.80. The fraction of sp³-hybridized carbons (Fsp3) is 0.556. The van der Waals surface area contributed by atoms with Crippen LogP contribution in [0.3, 0.4) is 0 Å². The highest BCUT2D eigenvalue weighted by atomic mass is 16.2. The zero-order chi connectivity index (χ0) is 17.5. The van der Waals surface area contributed by atoms with Crippen molar-refractivity contribution in [3.8, 4) is 0 Å². The van der Waals surface area contributed by atoms with Crippen molar-refractivity contribution >= 4 is 17.5 Å². The molecule has 0 spiro atoms. The maximum Gasteiger partial charge on any atom is 0.238 e. The number of benzene rings is 1. The second-order valence-electron chi connectivity index (χ2n) is 6.31. The highest BCUT2D eigenvalue weighted by Gasteiger charge is 2.22. The highest BCUT2D eigenvalue weighted by Crippen LogP contribution is 2.17. The molecular weight excluding hydrogens is 304 g/mol. The number of hydrogen-bond acceptors (Lipinski definition) is 4. The number of anilines is 1. The molecule has 1 aliphatic heterocycles. The number of hydrogen-bond donors (Lipinski definition) is 2. The Morgan fingerprint density at radius 2 is 1.83 bits per heavy atom. The minimum absolute atomic E-state index is 0.00124. The van der Waals surface area contributed by atoms with E-state index in [1.165, 1.54) is 5.56 Å². The summed E-state index contributed by atoms with van der Waals surface area (Å²) >= 11 is 0. The first kappa shape index (κ1) is 18.4. The van der Waals surface area contributed by atoms with Crippen LogP contribution in [0.1, 0.15) is 17.5 Å². The summed E-state index contributed by atoms with van der Waals surface area (Å²) in [6.45, 7) is 7.99. The van der Waals surface area contributed by atoms with Gasteiger partial charge in [-0.25, -0.2) is 0 Å².